The minimum absolute atomic E-state index is 0.0350. The molecule has 0 unspecified atom stereocenters. The molecule has 1 aromatic carbocycles. The Labute approximate surface area is 165 Å². The molecule has 3 rings (SSSR count). The van der Waals surface area contributed by atoms with E-state index in [0.717, 1.165) is 43.5 Å². The van der Waals surface area contributed by atoms with Gasteiger partial charge in [0.2, 0.25) is 5.91 Å². The lowest BCUT2D eigenvalue weighted by molar-refractivity contribution is -0.118. The number of nitrogens with zero attached hydrogens (tertiary/aromatic N) is 3. The molecule has 0 radical (unpaired) electrons. The SMILES string of the molecule is CCCO[C@@H]1CCCN(C(=O)c2cccc(-c3cnn(CCC(N)=O)c3)c2)C1. The van der Waals surface area contributed by atoms with Crippen LogP contribution in [0.25, 0.3) is 11.1 Å². The molecular weight excluding hydrogens is 356 g/mol. The van der Waals surface area contributed by atoms with E-state index in [2.05, 4.69) is 12.0 Å². The van der Waals surface area contributed by atoms with Crippen LogP contribution in [-0.4, -0.2) is 52.3 Å². The number of amides is 2. The van der Waals surface area contributed by atoms with Crippen molar-refractivity contribution in [2.45, 2.75) is 45.3 Å². The van der Waals surface area contributed by atoms with Gasteiger partial charge in [0.1, 0.15) is 0 Å². The van der Waals surface area contributed by atoms with Gasteiger partial charge in [-0.3, -0.25) is 14.3 Å². The van der Waals surface area contributed by atoms with Crippen LogP contribution in [0.4, 0.5) is 0 Å². The largest absolute Gasteiger partial charge is 0.376 e. The Morgan fingerprint density at radius 1 is 1.32 bits per heavy atom. The van der Waals surface area contributed by atoms with E-state index in [9.17, 15) is 9.59 Å². The summed E-state index contributed by atoms with van der Waals surface area (Å²) in [6.07, 6.45) is 6.93. The standard InChI is InChI=1S/C21H28N4O3/c1-2-11-28-19-7-4-9-24(15-19)21(27)17-6-3-5-16(12-17)18-13-23-25(14-18)10-8-20(22)26/h3,5-6,12-14,19H,2,4,7-11,15H2,1H3,(H2,22,26)/t19-/m1/s1. The van der Waals surface area contributed by atoms with Gasteiger partial charge in [-0.25, -0.2) is 0 Å². The molecule has 0 aliphatic carbocycles. The van der Waals surface area contributed by atoms with E-state index >= 15 is 0 Å². The summed E-state index contributed by atoms with van der Waals surface area (Å²) in [6, 6.07) is 7.59. The molecule has 1 aliphatic rings. The molecule has 28 heavy (non-hydrogen) atoms. The zero-order valence-corrected chi connectivity index (χ0v) is 16.3. The zero-order chi connectivity index (χ0) is 19.9. The number of primary amides is 1. The van der Waals surface area contributed by atoms with Crippen molar-refractivity contribution < 1.29 is 14.3 Å². The number of hydrogen-bond donors (Lipinski definition) is 1. The molecule has 1 aliphatic heterocycles. The van der Waals surface area contributed by atoms with Crippen molar-refractivity contribution in [3.8, 4) is 11.1 Å². The minimum Gasteiger partial charge on any atom is -0.376 e. The van der Waals surface area contributed by atoms with Crippen LogP contribution in [0.2, 0.25) is 0 Å². The van der Waals surface area contributed by atoms with E-state index in [1.54, 1.807) is 10.9 Å². The van der Waals surface area contributed by atoms with Crippen LogP contribution >= 0.6 is 0 Å². The van der Waals surface area contributed by atoms with Gasteiger partial charge in [-0.2, -0.15) is 5.10 Å². The third-order valence-electron chi connectivity index (χ3n) is 4.89. The van der Waals surface area contributed by atoms with Crippen LogP contribution in [0.1, 0.15) is 43.0 Å². The fraction of sp³-hybridized carbons (Fsp3) is 0.476. The van der Waals surface area contributed by atoms with Gasteiger partial charge in [-0.15, -0.1) is 0 Å². The Hall–Kier alpha value is -2.67. The number of carbonyl (C=O) groups excluding carboxylic acids is 2. The maximum atomic E-state index is 13.0. The summed E-state index contributed by atoms with van der Waals surface area (Å²) in [7, 11) is 0. The Balaban J connectivity index is 1.68. The number of nitrogens with two attached hydrogens (primary N) is 1. The second kappa shape index (κ2) is 9.50. The molecule has 0 spiro atoms. The summed E-state index contributed by atoms with van der Waals surface area (Å²) in [5, 5.41) is 4.26. The molecule has 0 saturated carbocycles. The summed E-state index contributed by atoms with van der Waals surface area (Å²) in [6.45, 7) is 4.68. The molecule has 7 heteroatoms. The zero-order valence-electron chi connectivity index (χ0n) is 16.3. The van der Waals surface area contributed by atoms with Gasteiger partial charge >= 0.3 is 0 Å². The van der Waals surface area contributed by atoms with E-state index < -0.39 is 0 Å². The number of hydrogen-bond acceptors (Lipinski definition) is 4. The first-order chi connectivity index (χ1) is 13.6. The molecule has 1 fully saturated rings. The van der Waals surface area contributed by atoms with E-state index in [0.29, 0.717) is 18.7 Å². The summed E-state index contributed by atoms with van der Waals surface area (Å²) in [5.41, 5.74) is 7.68. The Morgan fingerprint density at radius 2 is 2.18 bits per heavy atom. The van der Waals surface area contributed by atoms with Gasteiger partial charge in [0.15, 0.2) is 0 Å². The first kappa shape index (κ1) is 20.1. The van der Waals surface area contributed by atoms with Crippen LogP contribution in [0.15, 0.2) is 36.7 Å². The number of ether oxygens (including phenoxy) is 1. The Kier molecular flexibility index (Phi) is 6.81. The van der Waals surface area contributed by atoms with Crippen molar-refractivity contribution >= 4 is 11.8 Å². The van der Waals surface area contributed by atoms with E-state index in [-0.39, 0.29) is 24.3 Å². The fourth-order valence-corrected chi connectivity index (χ4v) is 3.42. The summed E-state index contributed by atoms with van der Waals surface area (Å²) >= 11 is 0. The summed E-state index contributed by atoms with van der Waals surface area (Å²) < 4.78 is 7.54. The smallest absolute Gasteiger partial charge is 0.253 e. The van der Waals surface area contributed by atoms with Crippen molar-refractivity contribution in [1.29, 1.82) is 0 Å². The second-order valence-electron chi connectivity index (χ2n) is 7.18. The van der Waals surface area contributed by atoms with Gasteiger partial charge in [0.25, 0.3) is 5.91 Å². The molecular formula is C21H28N4O3. The first-order valence-electron chi connectivity index (χ1n) is 9.89. The minimum atomic E-state index is -0.354. The van der Waals surface area contributed by atoms with Crippen LogP contribution in [0.3, 0.4) is 0 Å². The van der Waals surface area contributed by atoms with E-state index in [4.69, 9.17) is 10.5 Å². The quantitative estimate of drug-likeness (QED) is 0.757. The average molecular weight is 384 g/mol. The lowest BCUT2D eigenvalue weighted by Gasteiger charge is -2.32. The number of likely N-dealkylation sites (tertiary alicyclic amines) is 1. The number of rotatable bonds is 8. The van der Waals surface area contributed by atoms with Gasteiger partial charge in [-0.05, 0) is 37.0 Å². The average Bonchev–Trinajstić information content (AvgIpc) is 3.19. The molecule has 1 aromatic heterocycles. The third kappa shape index (κ3) is 5.19. The molecule has 150 valence electrons. The Bertz CT molecular complexity index is 817. The molecule has 1 saturated heterocycles. The third-order valence-corrected chi connectivity index (χ3v) is 4.89. The van der Waals surface area contributed by atoms with Crippen molar-refractivity contribution in [1.82, 2.24) is 14.7 Å². The normalized spacial score (nSPS) is 16.9. The topological polar surface area (TPSA) is 90.4 Å². The summed E-state index contributed by atoms with van der Waals surface area (Å²) in [4.78, 5) is 25.8. The molecule has 2 amide bonds. The number of piperidine rings is 1. The predicted octanol–water partition coefficient (Wildman–Crippen LogP) is 2.46. The highest BCUT2D eigenvalue weighted by Crippen LogP contribution is 2.22. The lowest BCUT2D eigenvalue weighted by atomic mass is 10.0. The van der Waals surface area contributed by atoms with Gasteiger partial charge in [0, 0.05) is 50.0 Å². The molecule has 2 N–H and O–H groups in total. The molecule has 1 atom stereocenters. The lowest BCUT2D eigenvalue weighted by Crippen LogP contribution is -2.43. The van der Waals surface area contributed by atoms with Crippen LogP contribution in [0, 0.1) is 0 Å². The van der Waals surface area contributed by atoms with Crippen LogP contribution in [0.5, 0.6) is 0 Å². The van der Waals surface area contributed by atoms with Crippen molar-refractivity contribution in [3.63, 3.8) is 0 Å². The van der Waals surface area contributed by atoms with E-state index in [1.165, 1.54) is 0 Å². The maximum absolute atomic E-state index is 13.0. The van der Waals surface area contributed by atoms with Crippen molar-refractivity contribution in [2.24, 2.45) is 5.73 Å². The van der Waals surface area contributed by atoms with E-state index in [1.807, 2.05) is 35.4 Å². The number of benzene rings is 1. The number of carbonyl (C=O) groups is 2. The molecule has 2 heterocycles. The predicted molar refractivity (Wildman–Crippen MR) is 107 cm³/mol. The van der Waals surface area contributed by atoms with Gasteiger partial charge in [-0.1, -0.05) is 19.1 Å². The van der Waals surface area contributed by atoms with Gasteiger partial charge < -0.3 is 15.4 Å². The second-order valence-corrected chi connectivity index (χ2v) is 7.18. The maximum Gasteiger partial charge on any atom is 0.253 e. The van der Waals surface area contributed by atoms with Crippen molar-refractivity contribution in [3.05, 3.63) is 42.2 Å². The van der Waals surface area contributed by atoms with Crippen LogP contribution < -0.4 is 5.73 Å². The molecule has 2 aromatic rings. The molecule has 0 bridgehead atoms. The van der Waals surface area contributed by atoms with Crippen LogP contribution in [-0.2, 0) is 16.1 Å². The summed E-state index contributed by atoms with van der Waals surface area (Å²) in [5.74, 6) is -0.319. The first-order valence-corrected chi connectivity index (χ1v) is 9.89. The highest BCUT2D eigenvalue weighted by atomic mass is 16.5. The Morgan fingerprint density at radius 3 is 2.96 bits per heavy atom. The van der Waals surface area contributed by atoms with Crippen molar-refractivity contribution in [2.75, 3.05) is 19.7 Å². The number of aryl methyl sites for hydroxylation is 1. The highest BCUT2D eigenvalue weighted by molar-refractivity contribution is 5.95. The number of aromatic nitrogens is 2. The monoisotopic (exact) mass is 384 g/mol. The van der Waals surface area contributed by atoms with Gasteiger partial charge in [0.05, 0.1) is 12.3 Å². The highest BCUT2D eigenvalue weighted by Gasteiger charge is 2.25. The molecule has 7 nitrogen and oxygen atoms in total. The fourth-order valence-electron chi connectivity index (χ4n) is 3.42.